The normalized spacial score (nSPS) is 12.5. The Labute approximate surface area is 196 Å². The molecule has 0 heterocycles. The maximum absolute atomic E-state index is 5.45. The van der Waals surface area contributed by atoms with Crippen LogP contribution in [-0.2, 0) is 13.3 Å². The highest BCUT2D eigenvalue weighted by atomic mass is 28.4. The van der Waals surface area contributed by atoms with Crippen molar-refractivity contribution < 1.29 is 13.3 Å². The van der Waals surface area contributed by atoms with Crippen LogP contribution in [0.15, 0.2) is 12.2 Å². The minimum atomic E-state index is -2.38. The van der Waals surface area contributed by atoms with Gasteiger partial charge in [-0.3, -0.25) is 0 Å². The Morgan fingerprint density at radius 1 is 0.613 bits per heavy atom. The van der Waals surface area contributed by atoms with Crippen LogP contribution in [0.5, 0.6) is 0 Å². The summed E-state index contributed by atoms with van der Waals surface area (Å²) in [7, 11) is 2.66. The zero-order valence-corrected chi connectivity index (χ0v) is 22.7. The van der Waals surface area contributed by atoms with E-state index in [2.05, 4.69) is 31.3 Å². The van der Waals surface area contributed by atoms with Crippen molar-refractivity contribution in [3.05, 3.63) is 12.2 Å². The number of hydrogen-bond donors (Lipinski definition) is 1. The Bertz CT molecular complexity index is 379. The molecule has 0 saturated heterocycles. The van der Waals surface area contributed by atoms with Gasteiger partial charge in [-0.05, 0) is 57.5 Å². The standard InChI is InChI=1S/C26H55NO3Si/c1-26(2)22-19-17-15-13-11-9-7-6-8-10-12-14-16-18-20-23-27-24-21-25-31(28-3,29-4)30-5/h6-7,26-27H,8-25H2,1-5H3/b7-6-. The third-order valence-electron chi connectivity index (χ3n) is 6.06. The molecule has 0 spiro atoms. The van der Waals surface area contributed by atoms with Crippen molar-refractivity contribution in [3.8, 4) is 0 Å². The van der Waals surface area contributed by atoms with Gasteiger partial charge in [0, 0.05) is 27.4 Å². The zero-order chi connectivity index (χ0) is 23.0. The van der Waals surface area contributed by atoms with Gasteiger partial charge >= 0.3 is 8.80 Å². The largest absolute Gasteiger partial charge is 0.500 e. The summed E-state index contributed by atoms with van der Waals surface area (Å²) in [5.41, 5.74) is 0. The van der Waals surface area contributed by atoms with Gasteiger partial charge in [0.2, 0.25) is 0 Å². The highest BCUT2D eigenvalue weighted by Gasteiger charge is 2.36. The fourth-order valence-corrected chi connectivity index (χ4v) is 5.63. The van der Waals surface area contributed by atoms with Crippen molar-refractivity contribution in [1.29, 1.82) is 0 Å². The highest BCUT2D eigenvalue weighted by molar-refractivity contribution is 6.60. The molecular weight excluding hydrogens is 402 g/mol. The third-order valence-corrected chi connectivity index (χ3v) is 8.89. The Morgan fingerprint density at radius 2 is 1.06 bits per heavy atom. The fourth-order valence-electron chi connectivity index (χ4n) is 3.91. The van der Waals surface area contributed by atoms with Gasteiger partial charge in [-0.25, -0.2) is 0 Å². The topological polar surface area (TPSA) is 39.7 Å². The molecule has 31 heavy (non-hydrogen) atoms. The Kier molecular flexibility index (Phi) is 22.8. The van der Waals surface area contributed by atoms with Crippen LogP contribution in [0.2, 0.25) is 6.04 Å². The summed E-state index contributed by atoms with van der Waals surface area (Å²) in [5, 5.41) is 3.53. The lowest BCUT2D eigenvalue weighted by molar-refractivity contribution is 0.123. The molecular formula is C26H55NO3Si. The summed E-state index contributed by atoms with van der Waals surface area (Å²) in [6.45, 7) is 6.77. The van der Waals surface area contributed by atoms with Crippen molar-refractivity contribution in [3.63, 3.8) is 0 Å². The van der Waals surface area contributed by atoms with Crippen LogP contribution < -0.4 is 5.32 Å². The van der Waals surface area contributed by atoms with E-state index in [0.29, 0.717) is 0 Å². The maximum atomic E-state index is 5.45. The first-order valence-electron chi connectivity index (χ1n) is 13.1. The second kappa shape index (κ2) is 23.0. The van der Waals surface area contributed by atoms with Crippen molar-refractivity contribution >= 4 is 8.80 Å². The predicted molar refractivity (Wildman–Crippen MR) is 138 cm³/mol. The lowest BCUT2D eigenvalue weighted by Gasteiger charge is -2.24. The first kappa shape index (κ1) is 30.8. The van der Waals surface area contributed by atoms with Gasteiger partial charge < -0.3 is 18.6 Å². The van der Waals surface area contributed by atoms with Gasteiger partial charge in [0.15, 0.2) is 0 Å². The van der Waals surface area contributed by atoms with Crippen LogP contribution >= 0.6 is 0 Å². The van der Waals surface area contributed by atoms with Crippen LogP contribution in [0, 0.1) is 5.92 Å². The number of nitrogens with one attached hydrogen (secondary N) is 1. The van der Waals surface area contributed by atoms with Gasteiger partial charge in [0.25, 0.3) is 0 Å². The minimum Gasteiger partial charge on any atom is -0.377 e. The SMILES string of the molecule is CO[Si](CCCNCCCCCCCC/C=C\CCCCCCCC(C)C)(OC)OC. The van der Waals surface area contributed by atoms with Gasteiger partial charge in [0.05, 0.1) is 0 Å². The minimum absolute atomic E-state index is 0.871. The molecule has 0 aromatic rings. The Balaban J connectivity index is 3.25. The Morgan fingerprint density at radius 3 is 1.58 bits per heavy atom. The molecule has 0 rings (SSSR count). The molecule has 0 atom stereocenters. The van der Waals surface area contributed by atoms with E-state index in [1.165, 1.54) is 89.9 Å². The molecule has 0 saturated carbocycles. The smallest absolute Gasteiger partial charge is 0.377 e. The lowest BCUT2D eigenvalue weighted by atomic mass is 10.0. The molecule has 186 valence electrons. The number of unbranched alkanes of at least 4 members (excludes halogenated alkanes) is 11. The van der Waals surface area contributed by atoms with E-state index in [9.17, 15) is 0 Å². The monoisotopic (exact) mass is 457 g/mol. The summed E-state index contributed by atoms with van der Waals surface area (Å²) < 4.78 is 16.3. The fraction of sp³-hybridized carbons (Fsp3) is 0.923. The molecule has 0 bridgehead atoms. The van der Waals surface area contributed by atoms with Gasteiger partial charge in [-0.1, -0.05) is 83.8 Å². The average Bonchev–Trinajstić information content (AvgIpc) is 2.77. The predicted octanol–water partition coefficient (Wildman–Crippen LogP) is 7.52. The Hall–Kier alpha value is -0.203. The highest BCUT2D eigenvalue weighted by Crippen LogP contribution is 2.14. The molecule has 5 heteroatoms. The van der Waals surface area contributed by atoms with E-state index in [1.807, 2.05) is 0 Å². The van der Waals surface area contributed by atoms with E-state index in [0.717, 1.165) is 31.5 Å². The van der Waals surface area contributed by atoms with Gasteiger partial charge in [-0.2, -0.15) is 0 Å². The van der Waals surface area contributed by atoms with Gasteiger partial charge in [0.1, 0.15) is 0 Å². The molecule has 0 aromatic carbocycles. The molecule has 1 N–H and O–H groups in total. The quantitative estimate of drug-likeness (QED) is 0.0924. The van der Waals surface area contributed by atoms with Crippen molar-refractivity contribution in [2.24, 2.45) is 5.92 Å². The summed E-state index contributed by atoms with van der Waals surface area (Å²) in [4.78, 5) is 0. The lowest BCUT2D eigenvalue weighted by Crippen LogP contribution is -2.43. The summed E-state index contributed by atoms with van der Waals surface area (Å²) in [6.07, 6.45) is 25.0. The molecule has 0 radical (unpaired) electrons. The zero-order valence-electron chi connectivity index (χ0n) is 21.7. The molecule has 4 nitrogen and oxygen atoms in total. The second-order valence-corrected chi connectivity index (χ2v) is 12.4. The van der Waals surface area contributed by atoms with Crippen molar-refractivity contribution in [2.75, 3.05) is 34.4 Å². The molecule has 0 amide bonds. The summed E-state index contributed by atoms with van der Waals surface area (Å²) in [5.74, 6) is 0.873. The van der Waals surface area contributed by atoms with E-state index in [-0.39, 0.29) is 0 Å². The molecule has 0 unspecified atom stereocenters. The number of rotatable bonds is 24. The van der Waals surface area contributed by atoms with E-state index in [4.69, 9.17) is 13.3 Å². The van der Waals surface area contributed by atoms with Gasteiger partial charge in [-0.15, -0.1) is 0 Å². The summed E-state index contributed by atoms with van der Waals surface area (Å²) in [6, 6.07) is 0.871. The second-order valence-electron chi connectivity index (χ2n) is 9.27. The molecule has 0 aliphatic carbocycles. The first-order chi connectivity index (χ1) is 15.1. The van der Waals surface area contributed by atoms with Crippen molar-refractivity contribution in [1.82, 2.24) is 5.32 Å². The average molecular weight is 458 g/mol. The molecule has 0 aromatic heterocycles. The van der Waals surface area contributed by atoms with E-state index in [1.54, 1.807) is 21.3 Å². The number of allylic oxidation sites excluding steroid dienone is 2. The van der Waals surface area contributed by atoms with E-state index < -0.39 is 8.80 Å². The van der Waals surface area contributed by atoms with Crippen LogP contribution in [-0.4, -0.2) is 43.2 Å². The van der Waals surface area contributed by atoms with Crippen LogP contribution in [0.3, 0.4) is 0 Å². The van der Waals surface area contributed by atoms with E-state index >= 15 is 0 Å². The van der Waals surface area contributed by atoms with Crippen LogP contribution in [0.4, 0.5) is 0 Å². The molecule has 0 aliphatic heterocycles. The number of hydrogen-bond acceptors (Lipinski definition) is 4. The third kappa shape index (κ3) is 20.2. The van der Waals surface area contributed by atoms with Crippen LogP contribution in [0.25, 0.3) is 0 Å². The maximum Gasteiger partial charge on any atom is 0.500 e. The molecule has 0 fully saturated rings. The van der Waals surface area contributed by atoms with Crippen molar-refractivity contribution in [2.45, 2.75) is 116 Å². The summed E-state index contributed by atoms with van der Waals surface area (Å²) >= 11 is 0. The first-order valence-corrected chi connectivity index (χ1v) is 15.0. The van der Waals surface area contributed by atoms with Crippen LogP contribution in [0.1, 0.15) is 110 Å². The molecule has 0 aliphatic rings.